The van der Waals surface area contributed by atoms with E-state index in [2.05, 4.69) is 16.3 Å². The number of nitrogens with one attached hydrogen (secondary N) is 1. The normalized spacial score (nSPS) is 23.3. The lowest BCUT2D eigenvalue weighted by atomic mass is 10.0. The maximum Gasteiger partial charge on any atom is 0.254 e. The van der Waals surface area contributed by atoms with Crippen LogP contribution in [-0.2, 0) is 4.74 Å². The number of carbonyl (C=O) groups is 1. The molecule has 0 saturated carbocycles. The molecule has 2 heterocycles. The number of hydrogen-bond acceptors (Lipinski definition) is 4. The number of morpholine rings is 1. The molecule has 0 spiro atoms. The third-order valence-electron chi connectivity index (χ3n) is 3.42. The second-order valence-corrected chi connectivity index (χ2v) is 4.41. The van der Waals surface area contributed by atoms with Crippen LogP contribution in [0.15, 0.2) is 18.2 Å². The first-order valence-corrected chi connectivity index (χ1v) is 5.97. The average molecular weight is 243 g/mol. The molecule has 1 unspecified atom stereocenters. The Labute approximate surface area is 105 Å². The quantitative estimate of drug-likeness (QED) is 0.785. The SMILES string of the molecule is N#Cc1cccc2c1C(=O)NC2N1CCOCC1. The van der Waals surface area contributed by atoms with E-state index in [1.54, 1.807) is 6.07 Å². The van der Waals surface area contributed by atoms with E-state index in [1.165, 1.54) is 0 Å². The number of hydrogen-bond donors (Lipinski definition) is 1. The highest BCUT2D eigenvalue weighted by Crippen LogP contribution is 2.30. The molecule has 3 rings (SSSR count). The summed E-state index contributed by atoms with van der Waals surface area (Å²) in [5.41, 5.74) is 1.87. The molecule has 92 valence electrons. The molecule has 5 heteroatoms. The number of ether oxygens (including phenoxy) is 1. The predicted octanol–water partition coefficient (Wildman–Crippen LogP) is 0.632. The van der Waals surface area contributed by atoms with Crippen molar-refractivity contribution in [3.8, 4) is 6.07 Å². The summed E-state index contributed by atoms with van der Waals surface area (Å²) in [6.07, 6.45) is -0.121. The third-order valence-corrected chi connectivity index (χ3v) is 3.42. The van der Waals surface area contributed by atoms with Gasteiger partial charge in [0.05, 0.1) is 30.4 Å². The van der Waals surface area contributed by atoms with Gasteiger partial charge in [-0.25, -0.2) is 0 Å². The minimum Gasteiger partial charge on any atom is -0.379 e. The van der Waals surface area contributed by atoms with Crippen molar-refractivity contribution >= 4 is 5.91 Å². The maximum absolute atomic E-state index is 12.0. The van der Waals surface area contributed by atoms with Crippen LogP contribution in [0.1, 0.15) is 27.7 Å². The Morgan fingerprint density at radius 3 is 2.89 bits per heavy atom. The molecular weight excluding hydrogens is 230 g/mol. The van der Waals surface area contributed by atoms with Crippen molar-refractivity contribution in [1.82, 2.24) is 10.2 Å². The Morgan fingerprint density at radius 1 is 1.39 bits per heavy atom. The largest absolute Gasteiger partial charge is 0.379 e. The second-order valence-electron chi connectivity index (χ2n) is 4.41. The van der Waals surface area contributed by atoms with E-state index in [1.807, 2.05) is 12.1 Å². The molecule has 5 nitrogen and oxygen atoms in total. The standard InChI is InChI=1S/C13H13N3O2/c14-8-9-2-1-3-10-11(9)13(17)15-12(10)16-4-6-18-7-5-16/h1-3,12H,4-7H2,(H,15,17). The summed E-state index contributed by atoms with van der Waals surface area (Å²) in [6.45, 7) is 2.95. The van der Waals surface area contributed by atoms with E-state index in [0.29, 0.717) is 24.3 Å². The van der Waals surface area contributed by atoms with Gasteiger partial charge in [-0.3, -0.25) is 9.69 Å². The van der Waals surface area contributed by atoms with Gasteiger partial charge in [0.1, 0.15) is 6.17 Å². The monoisotopic (exact) mass is 243 g/mol. The molecule has 1 atom stereocenters. The fraction of sp³-hybridized carbons (Fsp3) is 0.385. The van der Waals surface area contributed by atoms with Gasteiger partial charge in [-0.1, -0.05) is 12.1 Å². The van der Waals surface area contributed by atoms with Crippen molar-refractivity contribution in [2.75, 3.05) is 26.3 Å². The molecular formula is C13H13N3O2. The highest BCUT2D eigenvalue weighted by atomic mass is 16.5. The van der Waals surface area contributed by atoms with Crippen molar-refractivity contribution in [1.29, 1.82) is 5.26 Å². The molecule has 18 heavy (non-hydrogen) atoms. The molecule has 0 bridgehead atoms. The number of carbonyl (C=O) groups excluding carboxylic acids is 1. The molecule has 1 aromatic rings. The van der Waals surface area contributed by atoms with Crippen LogP contribution in [0.2, 0.25) is 0 Å². The number of amides is 1. The minimum absolute atomic E-state index is 0.121. The van der Waals surface area contributed by atoms with Crippen LogP contribution in [0.4, 0.5) is 0 Å². The second kappa shape index (κ2) is 4.41. The average Bonchev–Trinajstić information content (AvgIpc) is 2.77. The van der Waals surface area contributed by atoms with Crippen LogP contribution in [0.5, 0.6) is 0 Å². The summed E-state index contributed by atoms with van der Waals surface area (Å²) in [6, 6.07) is 7.49. The summed E-state index contributed by atoms with van der Waals surface area (Å²) < 4.78 is 5.31. The Bertz CT molecular complexity index is 530. The molecule has 1 N–H and O–H groups in total. The van der Waals surface area contributed by atoms with Crippen molar-refractivity contribution < 1.29 is 9.53 Å². The van der Waals surface area contributed by atoms with Crippen LogP contribution in [0.3, 0.4) is 0 Å². The Balaban J connectivity index is 1.99. The first kappa shape index (κ1) is 11.2. The molecule has 0 aliphatic carbocycles. The molecule has 0 radical (unpaired) electrons. The third kappa shape index (κ3) is 1.67. The van der Waals surface area contributed by atoms with Gasteiger partial charge in [-0.15, -0.1) is 0 Å². The van der Waals surface area contributed by atoms with Crippen LogP contribution in [-0.4, -0.2) is 37.1 Å². The summed E-state index contributed by atoms with van der Waals surface area (Å²) in [5.74, 6) is -0.154. The topological polar surface area (TPSA) is 65.4 Å². The van der Waals surface area contributed by atoms with Gasteiger partial charge in [0.15, 0.2) is 0 Å². The number of nitriles is 1. The summed E-state index contributed by atoms with van der Waals surface area (Å²) in [5, 5.41) is 12.0. The Morgan fingerprint density at radius 2 is 2.17 bits per heavy atom. The van der Waals surface area contributed by atoms with Gasteiger partial charge in [-0.2, -0.15) is 5.26 Å². The van der Waals surface area contributed by atoms with Gasteiger partial charge < -0.3 is 10.1 Å². The Kier molecular flexibility index (Phi) is 2.74. The van der Waals surface area contributed by atoms with Crippen molar-refractivity contribution in [2.24, 2.45) is 0 Å². The number of nitrogens with zero attached hydrogens (tertiary/aromatic N) is 2. The summed E-state index contributed by atoms with van der Waals surface area (Å²) in [7, 11) is 0. The lowest BCUT2D eigenvalue weighted by Crippen LogP contribution is -2.43. The number of fused-ring (bicyclic) bond motifs is 1. The zero-order chi connectivity index (χ0) is 12.5. The van der Waals surface area contributed by atoms with Gasteiger partial charge >= 0.3 is 0 Å². The first-order valence-electron chi connectivity index (χ1n) is 5.97. The van der Waals surface area contributed by atoms with Gasteiger partial charge in [-0.05, 0) is 6.07 Å². The smallest absolute Gasteiger partial charge is 0.254 e. The minimum atomic E-state index is -0.154. The lowest BCUT2D eigenvalue weighted by molar-refractivity contribution is 0.0110. The van der Waals surface area contributed by atoms with E-state index >= 15 is 0 Å². The Hall–Kier alpha value is -1.90. The van der Waals surface area contributed by atoms with Crippen molar-refractivity contribution in [3.05, 3.63) is 34.9 Å². The van der Waals surface area contributed by atoms with E-state index in [4.69, 9.17) is 10.00 Å². The first-order chi connectivity index (χ1) is 8.81. The van der Waals surface area contributed by atoms with Crippen molar-refractivity contribution in [2.45, 2.75) is 6.17 Å². The van der Waals surface area contributed by atoms with Gasteiger partial charge in [0.2, 0.25) is 0 Å². The molecule has 1 aromatic carbocycles. The van der Waals surface area contributed by atoms with Crippen LogP contribution < -0.4 is 5.32 Å². The van der Waals surface area contributed by atoms with E-state index in [0.717, 1.165) is 18.7 Å². The molecule has 1 fully saturated rings. The van der Waals surface area contributed by atoms with Crippen molar-refractivity contribution in [3.63, 3.8) is 0 Å². The zero-order valence-electron chi connectivity index (χ0n) is 9.85. The van der Waals surface area contributed by atoms with Gasteiger partial charge in [0.25, 0.3) is 5.91 Å². The van der Waals surface area contributed by atoms with Crippen LogP contribution in [0.25, 0.3) is 0 Å². The number of benzene rings is 1. The summed E-state index contributed by atoms with van der Waals surface area (Å²) >= 11 is 0. The molecule has 2 aliphatic rings. The number of rotatable bonds is 1. The molecule has 2 aliphatic heterocycles. The van der Waals surface area contributed by atoms with E-state index in [9.17, 15) is 4.79 Å². The van der Waals surface area contributed by atoms with E-state index < -0.39 is 0 Å². The molecule has 1 amide bonds. The van der Waals surface area contributed by atoms with Crippen LogP contribution in [0, 0.1) is 11.3 Å². The predicted molar refractivity (Wildman–Crippen MR) is 63.8 cm³/mol. The fourth-order valence-corrected chi connectivity index (χ4v) is 2.54. The van der Waals surface area contributed by atoms with Crippen LogP contribution >= 0.6 is 0 Å². The lowest BCUT2D eigenvalue weighted by Gasteiger charge is -2.32. The maximum atomic E-state index is 12.0. The van der Waals surface area contributed by atoms with E-state index in [-0.39, 0.29) is 12.1 Å². The highest BCUT2D eigenvalue weighted by molar-refractivity contribution is 6.01. The highest BCUT2D eigenvalue weighted by Gasteiger charge is 2.35. The fourth-order valence-electron chi connectivity index (χ4n) is 2.54. The summed E-state index contributed by atoms with van der Waals surface area (Å²) in [4.78, 5) is 14.2. The molecule has 1 saturated heterocycles. The van der Waals surface area contributed by atoms with Gasteiger partial charge in [0, 0.05) is 18.7 Å². The molecule has 0 aromatic heterocycles. The zero-order valence-corrected chi connectivity index (χ0v) is 9.85.